The van der Waals surface area contributed by atoms with Gasteiger partial charge in [-0.05, 0) is 24.1 Å². The van der Waals surface area contributed by atoms with Crippen LogP contribution in [0.2, 0.25) is 0 Å². The summed E-state index contributed by atoms with van der Waals surface area (Å²) < 4.78 is 33.5. The third kappa shape index (κ3) is 5.72. The molecule has 0 aliphatic carbocycles. The third-order valence-corrected chi connectivity index (χ3v) is 3.98. The molecule has 0 aromatic heterocycles. The summed E-state index contributed by atoms with van der Waals surface area (Å²) in [6.07, 6.45) is 0.385. The maximum Gasteiger partial charge on any atom is 0.232 e. The minimum Gasteiger partial charge on any atom is -0.250 e. The van der Waals surface area contributed by atoms with Gasteiger partial charge in [-0.1, -0.05) is 12.1 Å². The van der Waals surface area contributed by atoms with Crippen LogP contribution in [0.4, 0.5) is 4.39 Å². The minimum atomic E-state index is -3.45. The number of rotatable bonds is 6. The van der Waals surface area contributed by atoms with Gasteiger partial charge in [0.2, 0.25) is 9.05 Å². The predicted octanol–water partition coefficient (Wildman–Crippen LogP) is 2.86. The zero-order valence-corrected chi connectivity index (χ0v) is 10.9. The van der Waals surface area contributed by atoms with Crippen molar-refractivity contribution in [2.45, 2.75) is 11.3 Å². The fraction of sp³-hybridized carbons (Fsp3) is 0.400. The van der Waals surface area contributed by atoms with Crippen molar-refractivity contribution in [2.24, 2.45) is 0 Å². The van der Waals surface area contributed by atoms with E-state index in [4.69, 9.17) is 10.7 Å². The number of aryl methyl sites for hydroxylation is 1. The number of hydrogen-bond donors (Lipinski definition) is 0. The normalized spacial score (nSPS) is 11.6. The van der Waals surface area contributed by atoms with Crippen LogP contribution < -0.4 is 0 Å². The van der Waals surface area contributed by atoms with E-state index in [9.17, 15) is 12.8 Å². The lowest BCUT2D eigenvalue weighted by molar-refractivity contribution is 0.533. The Balaban J connectivity index is 2.60. The molecule has 0 spiro atoms. The largest absolute Gasteiger partial charge is 0.250 e. The lowest BCUT2D eigenvalue weighted by Gasteiger charge is -2.03. The van der Waals surface area contributed by atoms with Crippen LogP contribution in [0.5, 0.6) is 0 Å². The van der Waals surface area contributed by atoms with Crippen LogP contribution in [-0.2, 0) is 15.5 Å². The van der Waals surface area contributed by atoms with E-state index in [0.717, 1.165) is 10.5 Å². The van der Waals surface area contributed by atoms with Crippen molar-refractivity contribution in [1.82, 2.24) is 0 Å². The number of hydrogen-bond acceptors (Lipinski definition) is 3. The van der Waals surface area contributed by atoms with Crippen LogP contribution in [0.1, 0.15) is 5.56 Å². The first-order chi connectivity index (χ1) is 7.51. The average Bonchev–Trinajstić information content (AvgIpc) is 2.23. The summed E-state index contributed by atoms with van der Waals surface area (Å²) in [4.78, 5) is 0.946. The number of halogens is 2. The fourth-order valence-corrected chi connectivity index (χ4v) is 2.62. The Morgan fingerprint density at radius 3 is 2.75 bits per heavy atom. The van der Waals surface area contributed by atoms with Gasteiger partial charge in [0, 0.05) is 21.3 Å². The van der Waals surface area contributed by atoms with Crippen LogP contribution in [0.15, 0.2) is 29.2 Å². The molecular weight excluding hydrogens is 271 g/mol. The Hall–Kier alpha value is -0.260. The summed E-state index contributed by atoms with van der Waals surface area (Å²) >= 11 is 1.41. The van der Waals surface area contributed by atoms with Crippen molar-refractivity contribution in [3.05, 3.63) is 29.8 Å². The van der Waals surface area contributed by atoms with E-state index in [1.54, 1.807) is 0 Å². The standard InChI is InChI=1S/C10H12ClFO2S2/c11-16(13,14)7-4-9-2-1-3-10(8-9)15-6-5-12/h1-3,8H,4-7H2. The molecule has 0 N–H and O–H groups in total. The van der Waals surface area contributed by atoms with E-state index in [1.807, 2.05) is 24.3 Å². The van der Waals surface area contributed by atoms with Gasteiger partial charge in [0.05, 0.1) is 12.4 Å². The highest BCUT2D eigenvalue weighted by atomic mass is 35.7. The Kier molecular flexibility index (Phi) is 5.58. The zero-order chi connectivity index (χ0) is 12.0. The molecule has 0 saturated heterocycles. The first kappa shape index (κ1) is 13.8. The molecule has 0 radical (unpaired) electrons. The van der Waals surface area contributed by atoms with Crippen LogP contribution in [0.3, 0.4) is 0 Å². The maximum absolute atomic E-state index is 12.0. The van der Waals surface area contributed by atoms with Crippen molar-refractivity contribution in [2.75, 3.05) is 18.2 Å². The summed E-state index contributed by atoms with van der Waals surface area (Å²) in [7, 11) is 1.68. The molecule has 0 fully saturated rings. The number of thioether (sulfide) groups is 1. The van der Waals surface area contributed by atoms with E-state index in [-0.39, 0.29) is 12.4 Å². The lowest BCUT2D eigenvalue weighted by atomic mass is 10.2. The summed E-state index contributed by atoms with van der Waals surface area (Å²) in [5.74, 6) is 0.336. The van der Waals surface area contributed by atoms with Crippen molar-refractivity contribution in [1.29, 1.82) is 0 Å². The molecular formula is C10H12ClFO2S2. The molecule has 1 rings (SSSR count). The Labute approximate surface area is 104 Å². The van der Waals surface area contributed by atoms with Gasteiger partial charge in [0.25, 0.3) is 0 Å². The summed E-state index contributed by atoms with van der Waals surface area (Å²) in [5, 5.41) is 0. The summed E-state index contributed by atoms with van der Waals surface area (Å²) in [5.41, 5.74) is 0.896. The second kappa shape index (κ2) is 6.47. The van der Waals surface area contributed by atoms with Gasteiger partial charge in [-0.2, -0.15) is 0 Å². The fourth-order valence-electron chi connectivity index (χ4n) is 1.19. The van der Waals surface area contributed by atoms with Gasteiger partial charge in [-0.15, -0.1) is 11.8 Å². The minimum absolute atomic E-state index is 0.0776. The highest BCUT2D eigenvalue weighted by molar-refractivity contribution is 8.13. The van der Waals surface area contributed by atoms with Gasteiger partial charge in [0.1, 0.15) is 0 Å². The summed E-state index contributed by atoms with van der Waals surface area (Å²) in [6.45, 7) is -0.370. The summed E-state index contributed by atoms with van der Waals surface area (Å²) in [6, 6.07) is 7.40. The lowest BCUT2D eigenvalue weighted by Crippen LogP contribution is -2.00. The van der Waals surface area contributed by atoms with Crippen molar-refractivity contribution in [3.8, 4) is 0 Å². The molecule has 2 nitrogen and oxygen atoms in total. The second-order valence-corrected chi connectivity index (χ2v) is 7.24. The first-order valence-corrected chi connectivity index (χ1v) is 8.18. The van der Waals surface area contributed by atoms with Crippen molar-refractivity contribution >= 4 is 31.5 Å². The molecule has 0 aliphatic rings. The zero-order valence-electron chi connectivity index (χ0n) is 8.53. The molecule has 0 aliphatic heterocycles. The molecule has 0 atom stereocenters. The molecule has 0 amide bonds. The smallest absolute Gasteiger partial charge is 0.232 e. The first-order valence-electron chi connectivity index (χ1n) is 4.71. The molecule has 0 saturated carbocycles. The van der Waals surface area contributed by atoms with Crippen molar-refractivity contribution < 1.29 is 12.8 Å². The van der Waals surface area contributed by atoms with Gasteiger partial charge >= 0.3 is 0 Å². The van der Waals surface area contributed by atoms with E-state index in [0.29, 0.717) is 12.2 Å². The topological polar surface area (TPSA) is 34.1 Å². The Morgan fingerprint density at radius 2 is 2.12 bits per heavy atom. The Morgan fingerprint density at radius 1 is 1.38 bits per heavy atom. The molecule has 16 heavy (non-hydrogen) atoms. The van der Waals surface area contributed by atoms with Crippen LogP contribution in [0, 0.1) is 0 Å². The molecule has 0 unspecified atom stereocenters. The predicted molar refractivity (Wildman–Crippen MR) is 66.5 cm³/mol. The molecule has 1 aromatic carbocycles. The van der Waals surface area contributed by atoms with Gasteiger partial charge in [-0.3, -0.25) is 4.39 Å². The highest BCUT2D eigenvalue weighted by Gasteiger charge is 2.05. The van der Waals surface area contributed by atoms with Gasteiger partial charge < -0.3 is 0 Å². The van der Waals surface area contributed by atoms with E-state index < -0.39 is 9.05 Å². The average molecular weight is 283 g/mol. The van der Waals surface area contributed by atoms with Crippen LogP contribution in [-0.4, -0.2) is 26.6 Å². The molecule has 0 heterocycles. The van der Waals surface area contributed by atoms with E-state index in [1.165, 1.54) is 11.8 Å². The van der Waals surface area contributed by atoms with Gasteiger partial charge in [-0.25, -0.2) is 8.42 Å². The Bertz CT molecular complexity index is 434. The molecule has 6 heteroatoms. The molecule has 1 aromatic rings. The molecule has 90 valence electrons. The SMILES string of the molecule is O=S(=O)(Cl)CCc1cccc(SCCF)c1. The quantitative estimate of drug-likeness (QED) is 0.594. The van der Waals surface area contributed by atoms with Crippen molar-refractivity contribution in [3.63, 3.8) is 0 Å². The van der Waals surface area contributed by atoms with Crippen LogP contribution in [0.25, 0.3) is 0 Å². The maximum atomic E-state index is 12.0. The molecule has 0 bridgehead atoms. The monoisotopic (exact) mass is 282 g/mol. The van der Waals surface area contributed by atoms with Gasteiger partial charge in [0.15, 0.2) is 0 Å². The number of benzene rings is 1. The second-order valence-electron chi connectivity index (χ2n) is 3.18. The van der Waals surface area contributed by atoms with E-state index in [2.05, 4.69) is 0 Å². The number of alkyl halides is 1. The highest BCUT2D eigenvalue weighted by Crippen LogP contribution is 2.19. The van der Waals surface area contributed by atoms with E-state index >= 15 is 0 Å². The van der Waals surface area contributed by atoms with Crippen LogP contribution >= 0.6 is 22.4 Å². The third-order valence-electron chi connectivity index (χ3n) is 1.88.